The van der Waals surface area contributed by atoms with E-state index in [-0.39, 0.29) is 11.5 Å². The summed E-state index contributed by atoms with van der Waals surface area (Å²) in [5.41, 5.74) is 1.48. The minimum absolute atomic E-state index is 0.290. The molecule has 0 fully saturated rings. The van der Waals surface area contributed by atoms with Crippen LogP contribution < -0.4 is 20.9 Å². The second kappa shape index (κ2) is 5.67. The molecule has 0 saturated carbocycles. The van der Waals surface area contributed by atoms with Crippen LogP contribution in [-0.2, 0) is 10.5 Å². The number of thioether (sulfide) groups is 1. The van der Waals surface area contributed by atoms with E-state index in [9.17, 15) is 9.59 Å². The summed E-state index contributed by atoms with van der Waals surface area (Å²) in [4.78, 5) is 29.0. The third kappa shape index (κ3) is 2.15. The summed E-state index contributed by atoms with van der Waals surface area (Å²) < 4.78 is 2.34. The van der Waals surface area contributed by atoms with Gasteiger partial charge in [-0.15, -0.1) is 0 Å². The number of halogens is 1. The zero-order valence-corrected chi connectivity index (χ0v) is 16.4. The van der Waals surface area contributed by atoms with Crippen molar-refractivity contribution in [2.45, 2.75) is 10.8 Å². The second-order valence-corrected chi connectivity index (χ2v) is 7.96. The molecule has 3 heterocycles. The van der Waals surface area contributed by atoms with Crippen LogP contribution in [0.15, 0.2) is 56.9 Å². The maximum atomic E-state index is 13.2. The van der Waals surface area contributed by atoms with Gasteiger partial charge in [-0.3, -0.25) is 14.6 Å². The zero-order chi connectivity index (χ0) is 18.8. The molecule has 134 valence electrons. The van der Waals surface area contributed by atoms with Gasteiger partial charge in [0.25, 0.3) is 0 Å². The number of para-hydroxylation sites is 1. The van der Waals surface area contributed by atoms with E-state index in [1.165, 1.54) is 16.4 Å². The van der Waals surface area contributed by atoms with Gasteiger partial charge in [0.15, 0.2) is 0 Å². The topological polar surface area (TPSA) is 90.8 Å². The first kappa shape index (κ1) is 16.5. The van der Waals surface area contributed by atoms with Gasteiger partial charge in [-0.2, -0.15) is 0 Å². The monoisotopic (exact) mass is 442 g/mol. The molecule has 5 rings (SSSR count). The number of amides is 1. The minimum Gasteiger partial charge on any atom is -0.317 e. The number of carbonyl (C=O) groups excluding carboxylic acids is 1. The first-order chi connectivity index (χ1) is 13.0. The van der Waals surface area contributed by atoms with E-state index in [0.717, 1.165) is 4.47 Å². The van der Waals surface area contributed by atoms with Crippen molar-refractivity contribution in [3.05, 3.63) is 62.9 Å². The summed E-state index contributed by atoms with van der Waals surface area (Å²) in [6.07, 6.45) is 1.82. The molecule has 1 atom stereocenters. The normalized spacial score (nSPS) is 19.1. The van der Waals surface area contributed by atoms with Crippen LogP contribution in [-0.4, -0.2) is 22.2 Å². The fraction of sp³-hybridized carbons (Fsp3) is 0.111. The molecule has 0 aliphatic carbocycles. The molecule has 0 bridgehead atoms. The van der Waals surface area contributed by atoms with Crippen LogP contribution in [0.25, 0.3) is 11.3 Å². The average molecular weight is 443 g/mol. The highest BCUT2D eigenvalue weighted by Gasteiger charge is 2.62. The fourth-order valence-corrected chi connectivity index (χ4v) is 4.35. The van der Waals surface area contributed by atoms with Crippen LogP contribution in [0, 0.1) is 0 Å². The Balaban J connectivity index is 1.93. The van der Waals surface area contributed by atoms with Crippen molar-refractivity contribution in [1.29, 1.82) is 0 Å². The molecule has 1 aromatic heterocycles. The Bertz CT molecular complexity index is 1190. The highest BCUT2D eigenvalue weighted by molar-refractivity contribution is 9.10. The third-order valence-corrected chi connectivity index (χ3v) is 5.86. The van der Waals surface area contributed by atoms with E-state index < -0.39 is 5.66 Å². The molecule has 3 N–H and O–H groups in total. The lowest BCUT2D eigenvalue weighted by molar-refractivity contribution is -0.781. The number of fused-ring (bicyclic) bond motifs is 6. The second-order valence-electron chi connectivity index (χ2n) is 6.25. The van der Waals surface area contributed by atoms with Crippen molar-refractivity contribution in [2.75, 3.05) is 16.9 Å². The highest BCUT2D eigenvalue weighted by atomic mass is 79.9. The fourth-order valence-electron chi connectivity index (χ4n) is 3.63. The SMILES string of the molecule is CSc1n[n+]2c(c(=O)[nH]1)-c1ccccc1N[C@@]21C(=O)Nc2ccc(Br)cc21. The molecule has 2 aliphatic heterocycles. The summed E-state index contributed by atoms with van der Waals surface area (Å²) >= 11 is 4.79. The van der Waals surface area contributed by atoms with Gasteiger partial charge < -0.3 is 10.6 Å². The predicted octanol–water partition coefficient (Wildman–Crippen LogP) is 2.29. The molecule has 0 radical (unpaired) electrons. The van der Waals surface area contributed by atoms with Crippen molar-refractivity contribution in [3.63, 3.8) is 0 Å². The van der Waals surface area contributed by atoms with E-state index in [2.05, 4.69) is 36.6 Å². The van der Waals surface area contributed by atoms with Gasteiger partial charge in [0, 0.05) is 9.57 Å². The van der Waals surface area contributed by atoms with Crippen LogP contribution in [0.5, 0.6) is 0 Å². The molecule has 1 spiro atoms. The van der Waals surface area contributed by atoms with Gasteiger partial charge in [-0.25, -0.2) is 0 Å². The maximum absolute atomic E-state index is 13.2. The molecule has 7 nitrogen and oxygen atoms in total. The van der Waals surface area contributed by atoms with Crippen LogP contribution in [0.2, 0.25) is 0 Å². The molecule has 2 aliphatic rings. The van der Waals surface area contributed by atoms with E-state index in [4.69, 9.17) is 0 Å². The molecular formula is C18H13BrN5O2S+. The summed E-state index contributed by atoms with van der Waals surface area (Å²) in [6.45, 7) is 0. The number of nitrogens with one attached hydrogen (secondary N) is 3. The average Bonchev–Trinajstić information content (AvgIpc) is 2.93. The summed E-state index contributed by atoms with van der Waals surface area (Å²) in [5, 5.41) is 11.3. The standard InChI is InChI=1S/C18H12BrN5O2S/c1-27-17-21-15(25)14-10-4-2-3-5-12(10)22-18(24(14)23-17)11-8-9(19)6-7-13(11)20-16(18)26/h2-8H,1H3,(H2,20,21,23,25,26)/p+1/t18-/m1/s1. The summed E-state index contributed by atoms with van der Waals surface area (Å²) in [6, 6.07) is 13.0. The molecule has 0 saturated heterocycles. The third-order valence-electron chi connectivity index (χ3n) is 4.80. The van der Waals surface area contributed by atoms with Crippen molar-refractivity contribution in [1.82, 2.24) is 10.1 Å². The van der Waals surface area contributed by atoms with Crippen LogP contribution in [0.4, 0.5) is 11.4 Å². The molecule has 0 unspecified atom stereocenters. The Labute approximate surface area is 166 Å². The number of aromatic nitrogens is 3. The van der Waals surface area contributed by atoms with Gasteiger partial charge >= 0.3 is 22.8 Å². The van der Waals surface area contributed by atoms with Crippen molar-refractivity contribution in [2.24, 2.45) is 0 Å². The number of anilines is 2. The quantitative estimate of drug-likeness (QED) is 0.397. The number of nitrogens with zero attached hydrogens (tertiary/aromatic N) is 2. The highest BCUT2D eigenvalue weighted by Crippen LogP contribution is 2.42. The van der Waals surface area contributed by atoms with Crippen LogP contribution in [0.3, 0.4) is 0 Å². The summed E-state index contributed by atoms with van der Waals surface area (Å²) in [7, 11) is 0. The largest absolute Gasteiger partial charge is 0.374 e. The van der Waals surface area contributed by atoms with E-state index >= 15 is 0 Å². The Morgan fingerprint density at radius 1 is 1.15 bits per heavy atom. The number of aromatic amines is 1. The van der Waals surface area contributed by atoms with Crippen molar-refractivity contribution in [3.8, 4) is 11.3 Å². The number of hydrogen-bond donors (Lipinski definition) is 3. The lowest BCUT2D eigenvalue weighted by Gasteiger charge is -2.28. The number of H-pyrrole nitrogens is 1. The smallest absolute Gasteiger partial charge is 0.317 e. The Morgan fingerprint density at radius 3 is 2.78 bits per heavy atom. The van der Waals surface area contributed by atoms with Gasteiger partial charge in [-0.05, 0) is 41.3 Å². The number of hydrogen-bond acceptors (Lipinski definition) is 5. The number of benzene rings is 2. The van der Waals surface area contributed by atoms with Gasteiger partial charge in [0.1, 0.15) is 0 Å². The number of rotatable bonds is 1. The molecule has 2 aromatic carbocycles. The molecule has 9 heteroatoms. The lowest BCUT2D eigenvalue weighted by Crippen LogP contribution is -2.71. The van der Waals surface area contributed by atoms with Crippen molar-refractivity contribution < 1.29 is 9.48 Å². The zero-order valence-electron chi connectivity index (χ0n) is 14.0. The van der Waals surface area contributed by atoms with Gasteiger partial charge in [0.05, 0.1) is 22.5 Å². The van der Waals surface area contributed by atoms with Gasteiger partial charge in [0.2, 0.25) is 5.16 Å². The van der Waals surface area contributed by atoms with Crippen molar-refractivity contribution >= 4 is 45.0 Å². The van der Waals surface area contributed by atoms with E-state index in [1.807, 2.05) is 48.7 Å². The molecule has 1 amide bonds. The number of carbonyl (C=O) groups is 1. The molecular weight excluding hydrogens is 430 g/mol. The first-order valence-corrected chi connectivity index (χ1v) is 10.2. The van der Waals surface area contributed by atoms with Crippen LogP contribution in [0.1, 0.15) is 5.56 Å². The Hall–Kier alpha value is -2.65. The molecule has 27 heavy (non-hydrogen) atoms. The Kier molecular flexibility index (Phi) is 3.47. The van der Waals surface area contributed by atoms with E-state index in [1.54, 1.807) is 0 Å². The maximum Gasteiger partial charge on any atom is 0.374 e. The molecule has 3 aromatic rings. The summed E-state index contributed by atoms with van der Waals surface area (Å²) in [5.74, 6) is -0.290. The minimum atomic E-state index is -1.35. The first-order valence-electron chi connectivity index (χ1n) is 8.15. The lowest BCUT2D eigenvalue weighted by atomic mass is 9.95. The van der Waals surface area contributed by atoms with Crippen LogP contribution >= 0.6 is 27.7 Å². The predicted molar refractivity (Wildman–Crippen MR) is 106 cm³/mol. The van der Waals surface area contributed by atoms with E-state index in [0.29, 0.717) is 33.4 Å². The van der Waals surface area contributed by atoms with Gasteiger partial charge in [-0.1, -0.05) is 39.8 Å². The Morgan fingerprint density at radius 2 is 1.96 bits per heavy atom.